The van der Waals surface area contributed by atoms with Gasteiger partial charge in [0.2, 0.25) is 0 Å². The molecular formula is C134H90N8O4P4. The molecule has 0 N–H and O–H groups in total. The highest BCUT2D eigenvalue weighted by molar-refractivity contribution is 7.86. The number of hydrogen-bond acceptors (Lipinski definition) is 8. The SMILES string of the molecule is O=P(c1ccccc1)(c1ccccc1)c1ccc2c(c1)c1ccccc1c1nc3ccccc3n21.O=P(c1ccccc1)(c1ccccc1)c1ccc2c(c1)c1ccccc1n1c3ccccc3nc21.O=P(c1ccccc1)(c1ccccc1)c1ccc2c3ccccc3c3nc4ccccc4n3c2c1.O=P(c1ccccc1)(c1ccccc1)c1cccc2c(-c3ccc4c5ccccc5n5c6ccccc6nc5c4c3)cccc12. The Morgan fingerprint density at radius 2 is 0.393 bits per heavy atom. The van der Waals surface area contributed by atoms with Gasteiger partial charge in [-0.3, -0.25) is 17.6 Å². The van der Waals surface area contributed by atoms with E-state index in [-0.39, 0.29) is 0 Å². The van der Waals surface area contributed by atoms with Gasteiger partial charge in [0.05, 0.1) is 66.2 Å². The maximum atomic E-state index is 15.4. The number of imidazole rings is 4. The summed E-state index contributed by atoms with van der Waals surface area (Å²) in [5.74, 6) is 0. The summed E-state index contributed by atoms with van der Waals surface area (Å²) >= 11 is 0. The molecule has 0 aliphatic rings. The predicted octanol–water partition coefficient (Wildman–Crippen LogP) is 28.6. The quantitative estimate of drug-likeness (QED) is 0.0822. The van der Waals surface area contributed by atoms with Crippen molar-refractivity contribution < 1.29 is 18.3 Å². The van der Waals surface area contributed by atoms with Gasteiger partial charge in [0.25, 0.3) is 0 Å². The first-order valence-corrected chi connectivity index (χ1v) is 57.1. The van der Waals surface area contributed by atoms with E-state index in [0.717, 1.165) is 228 Å². The largest absolute Gasteiger partial charge is 0.309 e. The van der Waals surface area contributed by atoms with Gasteiger partial charge < -0.3 is 18.3 Å². The van der Waals surface area contributed by atoms with Gasteiger partial charge in [-0.05, 0) is 147 Å². The number of benzene rings is 22. The summed E-state index contributed by atoms with van der Waals surface area (Å²) in [4.78, 5) is 20.1. The lowest BCUT2D eigenvalue weighted by Gasteiger charge is -2.22. The molecule has 16 heteroatoms. The summed E-state index contributed by atoms with van der Waals surface area (Å²) in [6, 6.07) is 184. The van der Waals surface area contributed by atoms with Gasteiger partial charge in [-0.1, -0.05) is 443 Å². The average Bonchev–Trinajstić information content (AvgIpc) is 1.67. The normalized spacial score (nSPS) is 12.1. The van der Waals surface area contributed by atoms with Crippen LogP contribution in [0.3, 0.4) is 0 Å². The monoisotopic (exact) mass is 2000 g/mol. The van der Waals surface area contributed by atoms with Crippen molar-refractivity contribution in [2.75, 3.05) is 0 Å². The Morgan fingerprint density at radius 1 is 0.140 bits per heavy atom. The third-order valence-electron chi connectivity index (χ3n) is 29.6. The zero-order valence-corrected chi connectivity index (χ0v) is 84.5. The molecule has 0 aliphatic heterocycles. The number of para-hydroxylation sites is 10. The van der Waals surface area contributed by atoms with Gasteiger partial charge in [-0.2, -0.15) is 0 Å². The molecule has 0 spiro atoms. The van der Waals surface area contributed by atoms with Crippen molar-refractivity contribution in [1.82, 2.24) is 37.5 Å². The molecule has 8 heterocycles. The number of aromatic nitrogens is 8. The van der Waals surface area contributed by atoms with E-state index in [9.17, 15) is 4.57 Å². The second kappa shape index (κ2) is 37.1. The summed E-state index contributed by atoms with van der Waals surface area (Å²) in [6.45, 7) is 0. The van der Waals surface area contributed by atoms with Crippen LogP contribution < -0.4 is 63.7 Å². The molecule has 0 radical (unpaired) electrons. The fourth-order valence-corrected chi connectivity index (χ4v) is 33.5. The number of fused-ring (bicyclic) bond motifs is 33. The highest BCUT2D eigenvalue weighted by Crippen LogP contribution is 2.51. The van der Waals surface area contributed by atoms with E-state index in [1.54, 1.807) is 0 Å². The van der Waals surface area contributed by atoms with Crippen molar-refractivity contribution in [3.05, 3.63) is 546 Å². The summed E-state index contributed by atoms with van der Waals surface area (Å²) < 4.78 is 69.4. The Morgan fingerprint density at radius 3 is 0.800 bits per heavy atom. The van der Waals surface area contributed by atoms with Gasteiger partial charge in [-0.15, -0.1) is 0 Å². The summed E-state index contributed by atoms with van der Waals surface area (Å²) in [6.07, 6.45) is 0. The van der Waals surface area contributed by atoms with Crippen LogP contribution in [0, 0.1) is 0 Å². The van der Waals surface area contributed by atoms with Gasteiger partial charge in [0.1, 0.15) is 22.6 Å². The van der Waals surface area contributed by atoms with Crippen LogP contribution in [0.15, 0.2) is 546 Å². The molecule has 710 valence electrons. The first-order chi connectivity index (χ1) is 74.0. The fourth-order valence-electron chi connectivity index (χ4n) is 22.6. The molecule has 30 rings (SSSR count). The Balaban J connectivity index is 0.0000000990. The summed E-state index contributed by atoms with van der Waals surface area (Å²) in [5, 5.41) is 25.4. The highest BCUT2D eigenvalue weighted by Gasteiger charge is 2.37. The minimum Gasteiger partial charge on any atom is -0.309 e. The number of hydrogen-bond donors (Lipinski definition) is 0. The molecule has 30 aromatic rings. The Labute approximate surface area is 863 Å². The van der Waals surface area contributed by atoms with Crippen molar-refractivity contribution in [2.45, 2.75) is 0 Å². The van der Waals surface area contributed by atoms with E-state index in [1.165, 1.54) is 10.8 Å². The highest BCUT2D eigenvalue weighted by atomic mass is 31.2. The molecule has 0 fully saturated rings. The van der Waals surface area contributed by atoms with Crippen molar-refractivity contribution in [3.8, 4) is 11.1 Å². The van der Waals surface area contributed by atoms with E-state index < -0.39 is 28.6 Å². The van der Waals surface area contributed by atoms with Crippen LogP contribution in [-0.4, -0.2) is 37.5 Å². The van der Waals surface area contributed by atoms with Gasteiger partial charge >= 0.3 is 0 Å². The number of nitrogens with zero attached hydrogens (tertiary/aromatic N) is 8. The number of pyridine rings is 4. The van der Waals surface area contributed by atoms with Crippen molar-refractivity contribution in [2.24, 2.45) is 0 Å². The van der Waals surface area contributed by atoms with Crippen LogP contribution in [0.1, 0.15) is 0 Å². The Bertz CT molecular complexity index is 10700. The van der Waals surface area contributed by atoms with Gasteiger partial charge in [0.15, 0.2) is 28.6 Å². The second-order valence-corrected chi connectivity index (χ2v) is 48.9. The predicted molar refractivity (Wildman–Crippen MR) is 631 cm³/mol. The van der Waals surface area contributed by atoms with Crippen LogP contribution in [0.25, 0.3) is 175 Å². The smallest absolute Gasteiger partial charge is 0.171 e. The molecule has 0 atom stereocenters. The molecule has 150 heavy (non-hydrogen) atoms. The standard InChI is InChI=1S/C41H27N2OP.3C31H21N2OP/c44-45(29-13-3-1-4-14-29,30-15-5-2-6-16-30)40-24-12-19-32-31(18-11-20-35(32)40)28-25-26-33-34-17-7-9-22-38(34)43-39-23-10-8-21-37(39)42-41(43)36(33)27-28;34-35(22-11-3-1-4-12-22,23-13-5-2-6-14-23)24-19-20-26-27(21-24)25-15-7-9-17-29(25)33-30-18-10-8-16-28(30)32-31(26)33;34-35(22-11-3-1-4-12-22,23-13-5-2-6-14-23)24-19-20-26-25-15-7-8-16-27(25)31-32-28-17-9-10-18-29(28)33(31)30(26)21-24;34-35(22-11-3-1-4-12-22,23-13-5-2-6-14-23)24-19-20-29-27(21-24)25-15-7-8-16-26(25)31-32-28-17-9-10-18-30(28)33(29)31/h1-27H;3*1-21H. The first kappa shape index (κ1) is 90.6. The minimum atomic E-state index is -3.16. The lowest BCUT2D eigenvalue weighted by atomic mass is 9.95. The molecular weight excluding hydrogens is 1910 g/mol. The zero-order valence-electron chi connectivity index (χ0n) is 81.0. The molecule has 0 aliphatic carbocycles. The van der Waals surface area contributed by atoms with Crippen LogP contribution in [0.4, 0.5) is 0 Å². The van der Waals surface area contributed by atoms with Crippen LogP contribution in [-0.2, 0) is 18.3 Å². The summed E-state index contributed by atoms with van der Waals surface area (Å²) in [7, 11) is -12.4. The third kappa shape index (κ3) is 14.8. The second-order valence-electron chi connectivity index (χ2n) is 37.9. The van der Waals surface area contributed by atoms with E-state index in [1.807, 2.05) is 315 Å². The maximum absolute atomic E-state index is 15.4. The molecule has 22 aromatic carbocycles. The van der Waals surface area contributed by atoms with Gasteiger partial charge in [-0.25, -0.2) is 19.9 Å². The van der Waals surface area contributed by atoms with E-state index in [0.29, 0.717) is 0 Å². The molecule has 0 unspecified atom stereocenters. The van der Waals surface area contributed by atoms with Crippen LogP contribution >= 0.6 is 28.6 Å². The van der Waals surface area contributed by atoms with Gasteiger partial charge in [0, 0.05) is 107 Å². The first-order valence-electron chi connectivity index (χ1n) is 50.2. The number of rotatable bonds is 13. The van der Waals surface area contributed by atoms with Crippen molar-refractivity contribution in [1.29, 1.82) is 0 Å². The fraction of sp³-hybridized carbons (Fsp3) is 0. The topological polar surface area (TPSA) is 137 Å². The average molecular weight is 2000 g/mol. The molecule has 0 saturated carbocycles. The summed E-state index contributed by atoms with van der Waals surface area (Å²) in [5.41, 5.74) is 18.4. The molecule has 8 aromatic heterocycles. The maximum Gasteiger partial charge on any atom is 0.171 e. The van der Waals surface area contributed by atoms with E-state index >= 15 is 13.7 Å². The van der Waals surface area contributed by atoms with E-state index in [2.05, 4.69) is 248 Å². The van der Waals surface area contributed by atoms with Crippen molar-refractivity contribution in [3.63, 3.8) is 0 Å². The lowest BCUT2D eigenvalue weighted by molar-refractivity contribution is 0.591. The molecule has 0 bridgehead atoms. The Kier molecular flexibility index (Phi) is 22.4. The Hall–Kier alpha value is -18.1. The minimum absolute atomic E-state index is 0.816. The lowest BCUT2D eigenvalue weighted by Crippen LogP contribution is -2.25. The van der Waals surface area contributed by atoms with Crippen molar-refractivity contribution >= 4 is 256 Å². The third-order valence-corrected chi connectivity index (χ3v) is 41.9. The molecule has 0 saturated heterocycles. The van der Waals surface area contributed by atoms with Crippen LogP contribution in [0.5, 0.6) is 0 Å². The zero-order chi connectivity index (χ0) is 100. The van der Waals surface area contributed by atoms with Crippen LogP contribution in [0.2, 0.25) is 0 Å². The molecule has 12 nitrogen and oxygen atoms in total. The molecule has 0 amide bonds. The van der Waals surface area contributed by atoms with E-state index in [4.69, 9.17) is 19.9 Å².